The molecule has 3 aromatic rings. The molecule has 0 amide bonds. The number of aromatic nitrogens is 1. The number of hydrogen-bond donors (Lipinski definition) is 2. The largest absolute Gasteiger partial charge is 0.411 e. The summed E-state index contributed by atoms with van der Waals surface area (Å²) in [4.78, 5) is 0. The molecular formula is C19H21N3O2. The van der Waals surface area contributed by atoms with Crippen LogP contribution < -0.4 is 5.73 Å². The lowest BCUT2D eigenvalue weighted by Gasteiger charge is -1.95. The molecule has 3 rings (SSSR count). The summed E-state index contributed by atoms with van der Waals surface area (Å²) in [6.07, 6.45) is 1.40. The highest BCUT2D eigenvalue weighted by Gasteiger charge is 2.04. The highest BCUT2D eigenvalue weighted by atomic mass is 16.5. The number of nitrogens with two attached hydrogens (primary N) is 1. The molecule has 24 heavy (non-hydrogen) atoms. The van der Waals surface area contributed by atoms with Crippen molar-refractivity contribution >= 4 is 6.21 Å². The molecule has 0 radical (unpaired) electrons. The van der Waals surface area contributed by atoms with E-state index >= 15 is 0 Å². The summed E-state index contributed by atoms with van der Waals surface area (Å²) >= 11 is 0. The van der Waals surface area contributed by atoms with Crippen LogP contribution in [-0.4, -0.2) is 16.6 Å². The Morgan fingerprint density at radius 1 is 1.04 bits per heavy atom. The zero-order chi connectivity index (χ0) is 17.4. The third-order valence-corrected chi connectivity index (χ3v) is 3.39. The van der Waals surface area contributed by atoms with E-state index in [4.69, 9.17) is 15.5 Å². The minimum Gasteiger partial charge on any atom is -0.411 e. The molecule has 124 valence electrons. The van der Waals surface area contributed by atoms with E-state index in [1.54, 1.807) is 0 Å². The van der Waals surface area contributed by atoms with E-state index in [1.165, 1.54) is 17.3 Å². The minimum absolute atomic E-state index is 0.388. The van der Waals surface area contributed by atoms with E-state index in [0.717, 1.165) is 16.8 Å². The van der Waals surface area contributed by atoms with Gasteiger partial charge in [-0.1, -0.05) is 70.0 Å². The fraction of sp³-hybridized carbons (Fsp3) is 0.158. The Bertz CT molecular complexity index is 775. The molecule has 0 aliphatic heterocycles. The first-order chi connectivity index (χ1) is 11.6. The van der Waals surface area contributed by atoms with Crippen LogP contribution >= 0.6 is 0 Å². The van der Waals surface area contributed by atoms with Gasteiger partial charge in [-0.25, -0.2) is 0 Å². The molecule has 0 spiro atoms. The molecule has 0 atom stereocenters. The van der Waals surface area contributed by atoms with Crippen LogP contribution in [0.5, 0.6) is 0 Å². The Kier molecular flexibility index (Phi) is 6.28. The van der Waals surface area contributed by atoms with E-state index in [2.05, 4.69) is 17.2 Å². The summed E-state index contributed by atoms with van der Waals surface area (Å²) in [6.45, 7) is 4.45. The Morgan fingerprint density at radius 2 is 1.62 bits per heavy atom. The fourth-order valence-corrected chi connectivity index (χ4v) is 1.99. The van der Waals surface area contributed by atoms with Crippen LogP contribution in [0.3, 0.4) is 0 Å². The molecule has 3 N–H and O–H groups in total. The van der Waals surface area contributed by atoms with E-state index in [1.807, 2.05) is 61.5 Å². The summed E-state index contributed by atoms with van der Waals surface area (Å²) in [6, 6.07) is 17.7. The van der Waals surface area contributed by atoms with Gasteiger partial charge < -0.3 is 15.5 Å². The zero-order valence-electron chi connectivity index (χ0n) is 13.8. The molecule has 0 saturated carbocycles. The molecule has 2 aromatic carbocycles. The summed E-state index contributed by atoms with van der Waals surface area (Å²) in [7, 11) is 0. The Balaban J connectivity index is 0.000000185. The predicted molar refractivity (Wildman–Crippen MR) is 95.1 cm³/mol. The van der Waals surface area contributed by atoms with Crippen LogP contribution in [0.15, 0.2) is 64.3 Å². The van der Waals surface area contributed by atoms with Gasteiger partial charge in [-0.2, -0.15) is 0 Å². The number of hydrogen-bond acceptors (Lipinski definition) is 5. The monoisotopic (exact) mass is 323 g/mol. The van der Waals surface area contributed by atoms with Gasteiger partial charge in [0, 0.05) is 11.6 Å². The normalized spacial score (nSPS) is 10.5. The Hall–Kier alpha value is -2.92. The summed E-state index contributed by atoms with van der Waals surface area (Å²) < 4.78 is 5.02. The first-order valence-electron chi connectivity index (χ1n) is 7.59. The highest BCUT2D eigenvalue weighted by Crippen LogP contribution is 2.19. The minimum atomic E-state index is 0.388. The lowest BCUT2D eigenvalue weighted by atomic mass is 10.1. The molecule has 0 aliphatic rings. The predicted octanol–water partition coefficient (Wildman–Crippen LogP) is 3.91. The second-order valence-electron chi connectivity index (χ2n) is 5.40. The summed E-state index contributed by atoms with van der Waals surface area (Å²) in [5.41, 5.74) is 10.7. The molecule has 0 fully saturated rings. The molecule has 0 unspecified atom stereocenters. The van der Waals surface area contributed by atoms with Crippen molar-refractivity contribution < 1.29 is 9.73 Å². The number of rotatable bonds is 3. The maximum absolute atomic E-state index is 8.16. The molecular weight excluding hydrogens is 302 g/mol. The number of aryl methyl sites for hydroxylation is 2. The van der Waals surface area contributed by atoms with Crippen molar-refractivity contribution in [2.45, 2.75) is 20.4 Å². The maximum Gasteiger partial charge on any atom is 0.150 e. The van der Waals surface area contributed by atoms with Crippen LogP contribution in [0, 0.1) is 13.8 Å². The molecule has 0 aliphatic carbocycles. The average molecular weight is 323 g/mol. The Labute approximate surface area is 141 Å². The smallest absolute Gasteiger partial charge is 0.150 e. The van der Waals surface area contributed by atoms with Gasteiger partial charge in [0.25, 0.3) is 0 Å². The second-order valence-corrected chi connectivity index (χ2v) is 5.40. The third-order valence-electron chi connectivity index (χ3n) is 3.39. The number of benzene rings is 2. The SMILES string of the molecule is Cc1ccc(-c2cc(CN)on2)cc1.Cc1ccc(C=NO)cc1. The van der Waals surface area contributed by atoms with Crippen molar-refractivity contribution in [2.24, 2.45) is 10.9 Å². The van der Waals surface area contributed by atoms with Crippen molar-refractivity contribution in [2.75, 3.05) is 0 Å². The van der Waals surface area contributed by atoms with Crippen molar-refractivity contribution in [3.8, 4) is 11.3 Å². The molecule has 1 aromatic heterocycles. The quantitative estimate of drug-likeness (QED) is 0.435. The van der Waals surface area contributed by atoms with Gasteiger partial charge >= 0.3 is 0 Å². The highest BCUT2D eigenvalue weighted by molar-refractivity contribution is 5.78. The van der Waals surface area contributed by atoms with Crippen molar-refractivity contribution in [1.29, 1.82) is 0 Å². The molecule has 0 saturated heterocycles. The zero-order valence-corrected chi connectivity index (χ0v) is 13.8. The summed E-state index contributed by atoms with van der Waals surface area (Å²) in [5.74, 6) is 0.709. The number of nitrogens with zero attached hydrogens (tertiary/aromatic N) is 2. The second kappa shape index (κ2) is 8.64. The maximum atomic E-state index is 8.16. The van der Waals surface area contributed by atoms with Gasteiger partial charge in [0.15, 0.2) is 5.76 Å². The molecule has 5 nitrogen and oxygen atoms in total. The van der Waals surface area contributed by atoms with Crippen LogP contribution in [0.25, 0.3) is 11.3 Å². The van der Waals surface area contributed by atoms with E-state index in [0.29, 0.717) is 12.3 Å². The van der Waals surface area contributed by atoms with Gasteiger partial charge in [-0.3, -0.25) is 0 Å². The lowest BCUT2D eigenvalue weighted by molar-refractivity contribution is 0.322. The first-order valence-corrected chi connectivity index (χ1v) is 7.59. The van der Waals surface area contributed by atoms with Crippen molar-refractivity contribution in [3.05, 3.63) is 77.0 Å². The van der Waals surface area contributed by atoms with E-state index in [9.17, 15) is 0 Å². The third kappa shape index (κ3) is 5.07. The van der Waals surface area contributed by atoms with Gasteiger partial charge in [0.05, 0.1) is 12.8 Å². The fourth-order valence-electron chi connectivity index (χ4n) is 1.99. The molecule has 1 heterocycles. The molecule has 5 heteroatoms. The van der Waals surface area contributed by atoms with Crippen molar-refractivity contribution in [1.82, 2.24) is 5.16 Å². The average Bonchev–Trinajstić information content (AvgIpc) is 3.08. The van der Waals surface area contributed by atoms with E-state index in [-0.39, 0.29) is 0 Å². The Morgan fingerprint density at radius 3 is 2.12 bits per heavy atom. The van der Waals surface area contributed by atoms with Crippen LogP contribution in [0.4, 0.5) is 0 Å². The van der Waals surface area contributed by atoms with Gasteiger partial charge in [0.2, 0.25) is 0 Å². The van der Waals surface area contributed by atoms with Crippen LogP contribution in [0.1, 0.15) is 22.5 Å². The van der Waals surface area contributed by atoms with E-state index < -0.39 is 0 Å². The lowest BCUT2D eigenvalue weighted by Crippen LogP contribution is -1.92. The van der Waals surface area contributed by atoms with Gasteiger partial charge in [-0.05, 0) is 19.4 Å². The first kappa shape index (κ1) is 17.4. The van der Waals surface area contributed by atoms with Gasteiger partial charge in [0.1, 0.15) is 5.69 Å². The standard InChI is InChI=1S/C11H12N2O.C8H9NO/c1-8-2-4-9(5-3-8)11-6-10(7-12)14-13-11;1-7-2-4-8(5-3-7)6-9-10/h2-6H,7,12H2,1H3;2-6,10H,1H3. The van der Waals surface area contributed by atoms with Crippen molar-refractivity contribution in [3.63, 3.8) is 0 Å². The number of oxime groups is 1. The topological polar surface area (TPSA) is 84.6 Å². The van der Waals surface area contributed by atoms with Gasteiger partial charge in [-0.15, -0.1) is 0 Å². The summed E-state index contributed by atoms with van der Waals surface area (Å²) in [5, 5.41) is 15.0. The van der Waals surface area contributed by atoms with Crippen LogP contribution in [-0.2, 0) is 6.54 Å². The molecule has 0 bridgehead atoms. The van der Waals surface area contributed by atoms with Crippen LogP contribution in [0.2, 0.25) is 0 Å².